The molecule has 3 N–H and O–H groups in total. The number of aromatic amines is 1. The minimum Gasteiger partial charge on any atom is -0.369 e. The second-order valence-corrected chi connectivity index (χ2v) is 5.22. The number of nitrogens with two attached hydrogens (primary N) is 1. The molecule has 3 rings (SSSR count). The van der Waals surface area contributed by atoms with Crippen LogP contribution < -0.4 is 5.73 Å². The van der Waals surface area contributed by atoms with Crippen LogP contribution >= 0.6 is 0 Å². The number of hydrogen-bond acceptors (Lipinski definition) is 4. The number of rotatable bonds is 4. The minimum atomic E-state index is -0.849. The van der Waals surface area contributed by atoms with E-state index in [0.717, 1.165) is 22.3 Å². The molecule has 6 nitrogen and oxygen atoms in total. The number of carbonyl (C=O) groups excluding carboxylic acids is 1. The number of hydrogen-bond donors (Lipinski definition) is 2. The average molecular weight is 281 g/mol. The van der Waals surface area contributed by atoms with E-state index in [-0.39, 0.29) is 0 Å². The Balaban J connectivity index is 2.00. The van der Waals surface area contributed by atoms with Gasteiger partial charge >= 0.3 is 0 Å². The normalized spacial score (nSPS) is 14.0. The molecule has 0 fully saturated rings. The lowest BCUT2D eigenvalue weighted by molar-refractivity contribution is -0.123. The molecule has 3 aromatic heterocycles. The fourth-order valence-electron chi connectivity index (χ4n) is 2.35. The van der Waals surface area contributed by atoms with Crippen LogP contribution in [0.1, 0.15) is 18.2 Å². The fraction of sp³-hybridized carbons (Fsp3) is 0.200. The molecule has 3 aromatic rings. The summed E-state index contributed by atoms with van der Waals surface area (Å²) in [5, 5.41) is 6.79. The molecule has 0 aliphatic heterocycles. The largest absolute Gasteiger partial charge is 0.369 e. The molecule has 0 spiro atoms. The third-order valence-electron chi connectivity index (χ3n) is 3.73. The highest BCUT2D eigenvalue weighted by atomic mass is 16.1. The summed E-state index contributed by atoms with van der Waals surface area (Å²) in [5.74, 6) is -0.399. The van der Waals surface area contributed by atoms with Gasteiger partial charge in [0.2, 0.25) is 5.91 Å². The highest BCUT2D eigenvalue weighted by Gasteiger charge is 2.34. The molecule has 6 heteroatoms. The zero-order valence-electron chi connectivity index (χ0n) is 11.6. The van der Waals surface area contributed by atoms with E-state index in [1.807, 2.05) is 25.1 Å². The van der Waals surface area contributed by atoms with Crippen LogP contribution in [0.5, 0.6) is 0 Å². The Hall–Kier alpha value is -2.76. The van der Waals surface area contributed by atoms with Crippen molar-refractivity contribution in [1.29, 1.82) is 0 Å². The first kappa shape index (κ1) is 13.2. The lowest BCUT2D eigenvalue weighted by Crippen LogP contribution is -2.40. The SMILES string of the molecule is CC(Cc1ccc2[nH]ncc2n1)(C(N)=O)c1cccnc1. The summed E-state index contributed by atoms with van der Waals surface area (Å²) >= 11 is 0. The number of pyridine rings is 2. The van der Waals surface area contributed by atoms with Crippen LogP contribution in [0, 0.1) is 0 Å². The summed E-state index contributed by atoms with van der Waals surface area (Å²) in [7, 11) is 0. The van der Waals surface area contributed by atoms with E-state index in [4.69, 9.17) is 5.73 Å². The van der Waals surface area contributed by atoms with Crippen molar-refractivity contribution in [3.63, 3.8) is 0 Å². The first-order chi connectivity index (χ1) is 10.1. The number of nitrogens with zero attached hydrogens (tertiary/aromatic N) is 3. The van der Waals surface area contributed by atoms with Gasteiger partial charge in [-0.15, -0.1) is 0 Å². The molecule has 21 heavy (non-hydrogen) atoms. The minimum absolute atomic E-state index is 0.399. The fourth-order valence-corrected chi connectivity index (χ4v) is 2.35. The number of carbonyl (C=O) groups is 1. The van der Waals surface area contributed by atoms with E-state index in [1.54, 1.807) is 24.7 Å². The van der Waals surface area contributed by atoms with E-state index in [9.17, 15) is 4.79 Å². The quantitative estimate of drug-likeness (QED) is 0.754. The van der Waals surface area contributed by atoms with Crippen molar-refractivity contribution < 1.29 is 4.79 Å². The molecule has 0 aliphatic carbocycles. The number of fused-ring (bicyclic) bond motifs is 1. The Morgan fingerprint density at radius 2 is 2.19 bits per heavy atom. The third kappa shape index (κ3) is 2.35. The highest BCUT2D eigenvalue weighted by Crippen LogP contribution is 2.27. The average Bonchev–Trinajstić information content (AvgIpc) is 2.95. The molecule has 0 aromatic carbocycles. The number of primary amides is 1. The molecule has 1 amide bonds. The molecule has 0 saturated heterocycles. The van der Waals surface area contributed by atoms with Crippen LogP contribution in [-0.4, -0.2) is 26.1 Å². The van der Waals surface area contributed by atoms with Crippen molar-refractivity contribution in [2.24, 2.45) is 5.73 Å². The lowest BCUT2D eigenvalue weighted by atomic mass is 9.78. The van der Waals surface area contributed by atoms with Crippen LogP contribution in [0.2, 0.25) is 0 Å². The van der Waals surface area contributed by atoms with E-state index in [1.165, 1.54) is 0 Å². The first-order valence-corrected chi connectivity index (χ1v) is 6.59. The molecule has 0 aliphatic rings. The highest BCUT2D eigenvalue weighted by molar-refractivity contribution is 5.86. The van der Waals surface area contributed by atoms with Gasteiger partial charge in [0.15, 0.2) is 0 Å². The monoisotopic (exact) mass is 281 g/mol. The second kappa shape index (κ2) is 4.97. The summed E-state index contributed by atoms with van der Waals surface area (Å²) in [6, 6.07) is 7.42. The zero-order chi connectivity index (χ0) is 14.9. The number of H-pyrrole nitrogens is 1. The molecule has 1 atom stereocenters. The Kier molecular flexibility index (Phi) is 3.13. The van der Waals surface area contributed by atoms with Crippen molar-refractivity contribution in [2.75, 3.05) is 0 Å². The molecule has 3 heterocycles. The van der Waals surface area contributed by atoms with Crippen LogP contribution in [0.3, 0.4) is 0 Å². The zero-order valence-corrected chi connectivity index (χ0v) is 11.6. The van der Waals surface area contributed by atoms with Gasteiger partial charge in [-0.3, -0.25) is 14.9 Å². The van der Waals surface area contributed by atoms with Gasteiger partial charge in [0.1, 0.15) is 5.52 Å². The van der Waals surface area contributed by atoms with E-state index in [2.05, 4.69) is 20.2 Å². The lowest BCUT2D eigenvalue weighted by Gasteiger charge is -2.25. The van der Waals surface area contributed by atoms with Gasteiger partial charge < -0.3 is 5.73 Å². The predicted molar refractivity (Wildman–Crippen MR) is 78.4 cm³/mol. The van der Waals surface area contributed by atoms with Crippen molar-refractivity contribution in [1.82, 2.24) is 20.2 Å². The van der Waals surface area contributed by atoms with Crippen LogP contribution in [0.15, 0.2) is 42.9 Å². The molecule has 0 radical (unpaired) electrons. The summed E-state index contributed by atoms with van der Waals surface area (Å²) in [5.41, 5.74) is 7.98. The summed E-state index contributed by atoms with van der Waals surface area (Å²) in [4.78, 5) is 20.6. The van der Waals surface area contributed by atoms with Crippen LogP contribution in [-0.2, 0) is 16.6 Å². The third-order valence-corrected chi connectivity index (χ3v) is 3.73. The first-order valence-electron chi connectivity index (χ1n) is 6.59. The maximum atomic E-state index is 12.0. The molecule has 106 valence electrons. The topological polar surface area (TPSA) is 97.5 Å². The second-order valence-electron chi connectivity index (χ2n) is 5.22. The van der Waals surface area contributed by atoms with Crippen LogP contribution in [0.4, 0.5) is 0 Å². The van der Waals surface area contributed by atoms with E-state index in [0.29, 0.717) is 6.42 Å². The maximum Gasteiger partial charge on any atom is 0.228 e. The van der Waals surface area contributed by atoms with Crippen LogP contribution in [0.25, 0.3) is 11.0 Å². The van der Waals surface area contributed by atoms with Crippen molar-refractivity contribution >= 4 is 16.9 Å². The molecular formula is C15H15N5O. The number of aromatic nitrogens is 4. The van der Waals surface area contributed by atoms with Gasteiger partial charge in [-0.25, -0.2) is 4.98 Å². The summed E-state index contributed by atoms with van der Waals surface area (Å²) < 4.78 is 0. The smallest absolute Gasteiger partial charge is 0.228 e. The van der Waals surface area contributed by atoms with Gasteiger partial charge in [-0.2, -0.15) is 5.10 Å². The van der Waals surface area contributed by atoms with Crippen molar-refractivity contribution in [3.8, 4) is 0 Å². The molecule has 0 saturated carbocycles. The van der Waals surface area contributed by atoms with Gasteiger partial charge in [-0.1, -0.05) is 6.07 Å². The molecule has 0 bridgehead atoms. The van der Waals surface area contributed by atoms with Gasteiger partial charge in [0, 0.05) is 24.5 Å². The maximum absolute atomic E-state index is 12.0. The van der Waals surface area contributed by atoms with Gasteiger partial charge in [0.25, 0.3) is 0 Å². The van der Waals surface area contributed by atoms with Crippen molar-refractivity contribution in [3.05, 3.63) is 54.1 Å². The number of amides is 1. The van der Waals surface area contributed by atoms with E-state index >= 15 is 0 Å². The molecule has 1 unspecified atom stereocenters. The molecular weight excluding hydrogens is 266 g/mol. The standard InChI is InChI=1S/C15H15N5O/c1-15(14(16)21,10-3-2-6-17-8-10)7-11-4-5-12-13(19-11)9-18-20-12/h2-6,8-9H,7H2,1H3,(H2,16,21)(H,18,20). The predicted octanol–water partition coefficient (Wildman–Crippen LogP) is 1.34. The number of nitrogens with one attached hydrogen (secondary N) is 1. The van der Waals surface area contributed by atoms with Crippen molar-refractivity contribution in [2.45, 2.75) is 18.8 Å². The Morgan fingerprint density at radius 3 is 2.90 bits per heavy atom. The van der Waals surface area contributed by atoms with Gasteiger partial charge in [0.05, 0.1) is 17.1 Å². The Bertz CT molecular complexity index is 783. The van der Waals surface area contributed by atoms with Gasteiger partial charge in [-0.05, 0) is 30.7 Å². The Morgan fingerprint density at radius 1 is 1.33 bits per heavy atom. The Labute approximate surface area is 121 Å². The summed E-state index contributed by atoms with van der Waals surface area (Å²) in [6.07, 6.45) is 5.40. The van der Waals surface area contributed by atoms with E-state index < -0.39 is 11.3 Å². The summed E-state index contributed by atoms with van der Waals surface area (Å²) in [6.45, 7) is 1.81.